The molecule has 2 amide bonds. The Labute approximate surface area is 186 Å². The zero-order chi connectivity index (χ0) is 21.7. The van der Waals surface area contributed by atoms with Crippen molar-refractivity contribution in [1.82, 2.24) is 4.90 Å². The van der Waals surface area contributed by atoms with Crippen molar-refractivity contribution in [2.24, 2.45) is 0 Å². The molecule has 1 aliphatic heterocycles. The Bertz CT molecular complexity index is 1020. The third-order valence-electron chi connectivity index (χ3n) is 4.09. The minimum Gasteiger partial charge on any atom is -0.490 e. The fourth-order valence-electron chi connectivity index (χ4n) is 2.79. The summed E-state index contributed by atoms with van der Waals surface area (Å²) in [6.07, 6.45) is 3.14. The van der Waals surface area contributed by atoms with Gasteiger partial charge in [0, 0.05) is 6.54 Å². The summed E-state index contributed by atoms with van der Waals surface area (Å²) in [5.74, 6) is 0.254. The Morgan fingerprint density at radius 3 is 2.73 bits per heavy atom. The lowest BCUT2D eigenvalue weighted by Gasteiger charge is -2.15. The molecule has 0 radical (unpaired) electrons. The van der Waals surface area contributed by atoms with Gasteiger partial charge in [-0.1, -0.05) is 18.2 Å². The highest BCUT2D eigenvalue weighted by Crippen LogP contribution is 2.39. The van der Waals surface area contributed by atoms with Gasteiger partial charge in [0.15, 0.2) is 11.5 Å². The van der Waals surface area contributed by atoms with Gasteiger partial charge >= 0.3 is 0 Å². The minimum atomic E-state index is -0.356. The maximum Gasteiger partial charge on any atom is 0.293 e. The van der Waals surface area contributed by atoms with Gasteiger partial charge < -0.3 is 9.47 Å². The first-order valence-electron chi connectivity index (χ1n) is 9.12. The lowest BCUT2D eigenvalue weighted by atomic mass is 10.1. The second kappa shape index (κ2) is 9.95. The number of nitrogens with zero attached hydrogens (tertiary/aromatic N) is 1. The van der Waals surface area contributed by atoms with E-state index in [4.69, 9.17) is 9.47 Å². The fourth-order valence-corrected chi connectivity index (χ4v) is 4.22. The van der Waals surface area contributed by atoms with Crippen LogP contribution in [0, 0.1) is 5.82 Å². The number of amides is 2. The second-order valence-corrected chi connectivity index (χ2v) is 8.11. The number of rotatable bonds is 8. The molecule has 1 fully saturated rings. The van der Waals surface area contributed by atoms with Crippen molar-refractivity contribution in [3.05, 3.63) is 75.4 Å². The summed E-state index contributed by atoms with van der Waals surface area (Å²) in [4.78, 5) is 25.9. The van der Waals surface area contributed by atoms with Crippen molar-refractivity contribution in [2.45, 2.75) is 13.5 Å². The van der Waals surface area contributed by atoms with Crippen LogP contribution >= 0.6 is 27.7 Å². The molecule has 0 N–H and O–H groups in total. The molecule has 1 heterocycles. The molecule has 156 valence electrons. The number of carbonyl (C=O) groups excluding carboxylic acids is 2. The van der Waals surface area contributed by atoms with Crippen molar-refractivity contribution in [1.29, 1.82) is 0 Å². The van der Waals surface area contributed by atoms with Gasteiger partial charge in [0.05, 0.1) is 16.0 Å². The Balaban J connectivity index is 1.87. The molecule has 2 aromatic carbocycles. The molecule has 0 aliphatic carbocycles. The van der Waals surface area contributed by atoms with Crippen LogP contribution in [0.5, 0.6) is 11.5 Å². The summed E-state index contributed by atoms with van der Waals surface area (Å²) in [5, 5.41) is -0.328. The summed E-state index contributed by atoms with van der Waals surface area (Å²) < 4.78 is 25.6. The number of halogens is 2. The van der Waals surface area contributed by atoms with E-state index >= 15 is 0 Å². The van der Waals surface area contributed by atoms with Crippen LogP contribution in [0.25, 0.3) is 6.08 Å². The maximum absolute atomic E-state index is 13.4. The van der Waals surface area contributed by atoms with E-state index in [2.05, 4.69) is 22.5 Å². The first kappa shape index (κ1) is 22.1. The zero-order valence-corrected chi connectivity index (χ0v) is 18.6. The number of imide groups is 1. The van der Waals surface area contributed by atoms with Crippen molar-refractivity contribution in [3.63, 3.8) is 0 Å². The Morgan fingerprint density at radius 1 is 1.23 bits per heavy atom. The fraction of sp³-hybridized carbons (Fsp3) is 0.182. The van der Waals surface area contributed by atoms with Gasteiger partial charge in [-0.2, -0.15) is 0 Å². The SMILES string of the molecule is C=CCN1C(=O)S/C(=C/c2cc(Br)c(OCc3cccc(F)c3)c(OCC)c2)C1=O. The molecule has 3 rings (SSSR count). The lowest BCUT2D eigenvalue weighted by molar-refractivity contribution is -0.122. The van der Waals surface area contributed by atoms with Crippen LogP contribution in [-0.4, -0.2) is 29.2 Å². The molecular formula is C22H19BrFNO4S. The van der Waals surface area contributed by atoms with Crippen molar-refractivity contribution < 1.29 is 23.5 Å². The van der Waals surface area contributed by atoms with Crippen LogP contribution in [0.15, 0.2) is 58.4 Å². The summed E-state index contributed by atoms with van der Waals surface area (Å²) in [6, 6.07) is 9.67. The second-order valence-electron chi connectivity index (χ2n) is 6.26. The topological polar surface area (TPSA) is 55.8 Å². The molecule has 8 heteroatoms. The van der Waals surface area contributed by atoms with E-state index in [-0.39, 0.29) is 30.1 Å². The predicted octanol–water partition coefficient (Wildman–Crippen LogP) is 5.79. The number of thioether (sulfide) groups is 1. The quantitative estimate of drug-likeness (QED) is 0.345. The molecule has 30 heavy (non-hydrogen) atoms. The van der Waals surface area contributed by atoms with Gasteiger partial charge in [-0.15, -0.1) is 6.58 Å². The summed E-state index contributed by atoms with van der Waals surface area (Å²) in [6.45, 7) is 6.15. The molecule has 0 aromatic heterocycles. The molecule has 0 bridgehead atoms. The zero-order valence-electron chi connectivity index (χ0n) is 16.2. The third-order valence-corrected chi connectivity index (χ3v) is 5.58. The van der Waals surface area contributed by atoms with Gasteiger partial charge in [-0.3, -0.25) is 14.5 Å². The lowest BCUT2D eigenvalue weighted by Crippen LogP contribution is -2.27. The number of hydrogen-bond donors (Lipinski definition) is 0. The van der Waals surface area contributed by atoms with Crippen LogP contribution in [-0.2, 0) is 11.4 Å². The molecule has 0 saturated carbocycles. The number of hydrogen-bond acceptors (Lipinski definition) is 5. The first-order valence-corrected chi connectivity index (χ1v) is 10.7. The van der Waals surface area contributed by atoms with E-state index in [9.17, 15) is 14.0 Å². The summed E-state index contributed by atoms with van der Waals surface area (Å²) >= 11 is 4.36. The summed E-state index contributed by atoms with van der Waals surface area (Å²) in [5.41, 5.74) is 1.36. The molecule has 0 spiro atoms. The normalized spacial score (nSPS) is 15.0. The van der Waals surface area contributed by atoms with Crippen molar-refractivity contribution in [3.8, 4) is 11.5 Å². The monoisotopic (exact) mass is 491 g/mol. The van der Waals surface area contributed by atoms with E-state index in [0.717, 1.165) is 16.7 Å². The first-order chi connectivity index (χ1) is 14.4. The van der Waals surface area contributed by atoms with Crippen LogP contribution in [0.4, 0.5) is 9.18 Å². The molecule has 2 aromatic rings. The molecule has 5 nitrogen and oxygen atoms in total. The van der Waals surface area contributed by atoms with Gasteiger partial charge in [-0.25, -0.2) is 4.39 Å². The average Bonchev–Trinajstić information content (AvgIpc) is 2.95. The van der Waals surface area contributed by atoms with Crippen molar-refractivity contribution >= 4 is 44.9 Å². The molecule has 1 saturated heterocycles. The van der Waals surface area contributed by atoms with Crippen LogP contribution in [0.2, 0.25) is 0 Å². The molecule has 1 aliphatic rings. The van der Waals surface area contributed by atoms with Crippen LogP contribution in [0.1, 0.15) is 18.1 Å². The van der Waals surface area contributed by atoms with E-state index in [1.165, 1.54) is 18.2 Å². The van der Waals surface area contributed by atoms with Crippen LogP contribution < -0.4 is 9.47 Å². The van der Waals surface area contributed by atoms with Gasteiger partial charge in [0.25, 0.3) is 11.1 Å². The Morgan fingerprint density at radius 2 is 2.03 bits per heavy atom. The largest absolute Gasteiger partial charge is 0.490 e. The minimum absolute atomic E-state index is 0.163. The molecule has 0 atom stereocenters. The van der Waals surface area contributed by atoms with Gasteiger partial charge in [-0.05, 0) is 76.1 Å². The smallest absolute Gasteiger partial charge is 0.293 e. The Kier molecular flexibility index (Phi) is 7.33. The van der Waals surface area contributed by atoms with E-state index in [1.54, 1.807) is 30.3 Å². The standard InChI is InChI=1S/C22H19BrFNO4S/c1-3-8-25-21(26)19(30-22(25)27)12-15-10-17(23)20(18(11-15)28-4-2)29-13-14-6-5-7-16(24)9-14/h3,5-7,9-12H,1,4,8,13H2,2H3/b19-12+. The van der Waals surface area contributed by atoms with E-state index in [0.29, 0.717) is 38.6 Å². The third kappa shape index (κ3) is 5.12. The molecule has 0 unspecified atom stereocenters. The van der Waals surface area contributed by atoms with Crippen LogP contribution in [0.3, 0.4) is 0 Å². The van der Waals surface area contributed by atoms with E-state index < -0.39 is 0 Å². The predicted molar refractivity (Wildman–Crippen MR) is 119 cm³/mol. The highest BCUT2D eigenvalue weighted by atomic mass is 79.9. The average molecular weight is 492 g/mol. The number of carbonyl (C=O) groups is 2. The highest BCUT2D eigenvalue weighted by molar-refractivity contribution is 9.10. The van der Waals surface area contributed by atoms with E-state index in [1.807, 2.05) is 6.92 Å². The number of benzene rings is 2. The van der Waals surface area contributed by atoms with Crippen molar-refractivity contribution in [2.75, 3.05) is 13.2 Å². The maximum atomic E-state index is 13.4. The molecular weight excluding hydrogens is 473 g/mol. The Hall–Kier alpha value is -2.58. The summed E-state index contributed by atoms with van der Waals surface area (Å²) in [7, 11) is 0. The number of ether oxygens (including phenoxy) is 2. The highest BCUT2D eigenvalue weighted by Gasteiger charge is 2.34. The van der Waals surface area contributed by atoms with Gasteiger partial charge in [0.1, 0.15) is 12.4 Å². The van der Waals surface area contributed by atoms with Gasteiger partial charge in [0.2, 0.25) is 0 Å².